The van der Waals surface area contributed by atoms with Crippen LogP contribution >= 0.6 is 11.3 Å². The van der Waals surface area contributed by atoms with Crippen LogP contribution in [0, 0.1) is 0 Å². The number of nitrogens with zero attached hydrogens (tertiary/aromatic N) is 4. The first kappa shape index (κ1) is 17.2. The Hall–Kier alpha value is -1.66. The second-order valence-corrected chi connectivity index (χ2v) is 7.30. The number of aromatic nitrogens is 2. The molecule has 5 nitrogen and oxygen atoms in total. The van der Waals surface area contributed by atoms with Crippen LogP contribution in [0.3, 0.4) is 0 Å². The summed E-state index contributed by atoms with van der Waals surface area (Å²) in [4.78, 5) is 18.3. The minimum atomic E-state index is 0.220. The highest BCUT2D eigenvalue weighted by molar-refractivity contribution is 7.10. The Morgan fingerprint density at radius 1 is 1.38 bits per heavy atom. The molecule has 3 heterocycles. The molecule has 2 aromatic rings. The number of carbonyl (C=O) groups is 1. The molecule has 0 saturated carbocycles. The number of carbonyl (C=O) groups excluding carboxylic acids is 1. The van der Waals surface area contributed by atoms with E-state index in [9.17, 15) is 4.79 Å². The molecule has 2 aromatic heterocycles. The molecule has 0 fully saturated rings. The minimum absolute atomic E-state index is 0.220. The van der Waals surface area contributed by atoms with Crippen molar-refractivity contribution in [3.63, 3.8) is 0 Å². The maximum absolute atomic E-state index is 12.7. The average Bonchev–Trinajstić information content (AvgIpc) is 3.26. The predicted molar refractivity (Wildman–Crippen MR) is 97.1 cm³/mol. The van der Waals surface area contributed by atoms with Crippen molar-refractivity contribution in [2.45, 2.75) is 39.3 Å². The van der Waals surface area contributed by atoms with E-state index in [1.807, 2.05) is 34.7 Å². The van der Waals surface area contributed by atoms with E-state index in [4.69, 9.17) is 0 Å². The second-order valence-electron chi connectivity index (χ2n) is 6.27. The largest absolute Gasteiger partial charge is 0.334 e. The number of thiophene rings is 1. The third kappa shape index (κ3) is 3.87. The minimum Gasteiger partial charge on any atom is -0.334 e. The summed E-state index contributed by atoms with van der Waals surface area (Å²) in [5.74, 6) is 0.220. The van der Waals surface area contributed by atoms with Gasteiger partial charge in [-0.25, -0.2) is 0 Å². The van der Waals surface area contributed by atoms with Gasteiger partial charge in [0.05, 0.1) is 24.7 Å². The van der Waals surface area contributed by atoms with Gasteiger partial charge in [-0.3, -0.25) is 9.48 Å². The summed E-state index contributed by atoms with van der Waals surface area (Å²) < 4.78 is 2.12. The van der Waals surface area contributed by atoms with Gasteiger partial charge in [0.25, 0.3) is 0 Å². The molecule has 0 radical (unpaired) electrons. The van der Waals surface area contributed by atoms with E-state index in [2.05, 4.69) is 28.5 Å². The molecule has 3 rings (SSSR count). The van der Waals surface area contributed by atoms with Crippen LogP contribution in [0.4, 0.5) is 0 Å². The fraction of sp³-hybridized carbons (Fsp3) is 0.556. The van der Waals surface area contributed by atoms with Gasteiger partial charge in [-0.1, -0.05) is 19.9 Å². The topological polar surface area (TPSA) is 41.4 Å². The van der Waals surface area contributed by atoms with Crippen molar-refractivity contribution in [3.05, 3.63) is 40.3 Å². The fourth-order valence-electron chi connectivity index (χ4n) is 3.34. The number of amides is 1. The van der Waals surface area contributed by atoms with E-state index in [0.29, 0.717) is 13.0 Å². The van der Waals surface area contributed by atoms with Crippen molar-refractivity contribution in [3.8, 4) is 0 Å². The highest BCUT2D eigenvalue weighted by atomic mass is 32.1. The van der Waals surface area contributed by atoms with Gasteiger partial charge < -0.3 is 9.80 Å². The van der Waals surface area contributed by atoms with Gasteiger partial charge >= 0.3 is 0 Å². The van der Waals surface area contributed by atoms with Crippen LogP contribution in [0.1, 0.15) is 36.9 Å². The van der Waals surface area contributed by atoms with E-state index in [1.165, 1.54) is 0 Å². The van der Waals surface area contributed by atoms with Gasteiger partial charge in [0, 0.05) is 24.2 Å². The highest BCUT2D eigenvalue weighted by Gasteiger charge is 2.28. The highest BCUT2D eigenvalue weighted by Crippen LogP contribution is 2.24. The van der Waals surface area contributed by atoms with Crippen molar-refractivity contribution in [1.29, 1.82) is 0 Å². The van der Waals surface area contributed by atoms with Gasteiger partial charge in [0.15, 0.2) is 0 Å². The van der Waals surface area contributed by atoms with Crippen LogP contribution < -0.4 is 0 Å². The molecule has 0 aliphatic carbocycles. The van der Waals surface area contributed by atoms with Gasteiger partial charge in [-0.15, -0.1) is 11.3 Å². The molecule has 0 N–H and O–H groups in total. The van der Waals surface area contributed by atoms with Gasteiger partial charge in [0.1, 0.15) is 0 Å². The Kier molecular flexibility index (Phi) is 5.68. The smallest absolute Gasteiger partial charge is 0.228 e. The average molecular weight is 347 g/mol. The zero-order valence-electron chi connectivity index (χ0n) is 14.5. The summed E-state index contributed by atoms with van der Waals surface area (Å²) in [5.41, 5.74) is 1.14. The zero-order valence-corrected chi connectivity index (χ0v) is 15.3. The molecule has 0 unspecified atom stereocenters. The SMILES string of the molecule is CCN(CC)CC[C@H]1CN(C(=O)Cc2cccs2)Cc2ccnn21. The first-order valence-electron chi connectivity index (χ1n) is 8.76. The molecule has 6 heteroatoms. The van der Waals surface area contributed by atoms with Crippen molar-refractivity contribution < 1.29 is 4.79 Å². The standard InChI is InChI=1S/C18H26N4OS/c1-3-20(4-2)10-8-16-14-21(13-15-7-9-19-22(15)16)18(23)12-17-6-5-11-24-17/h5-7,9,11,16H,3-4,8,10,12-14H2,1-2H3/t16-/m0/s1. The molecule has 1 aliphatic rings. The van der Waals surface area contributed by atoms with Crippen LogP contribution in [0.15, 0.2) is 29.8 Å². The zero-order chi connectivity index (χ0) is 16.9. The number of hydrogen-bond acceptors (Lipinski definition) is 4. The number of fused-ring (bicyclic) bond motifs is 1. The van der Waals surface area contributed by atoms with Crippen LogP contribution in [0.5, 0.6) is 0 Å². The lowest BCUT2D eigenvalue weighted by Gasteiger charge is -2.35. The monoisotopic (exact) mass is 346 g/mol. The van der Waals surface area contributed by atoms with Crippen molar-refractivity contribution in [2.75, 3.05) is 26.2 Å². The van der Waals surface area contributed by atoms with Gasteiger partial charge in [-0.2, -0.15) is 5.10 Å². The van der Waals surface area contributed by atoms with E-state index < -0.39 is 0 Å². The van der Waals surface area contributed by atoms with E-state index in [-0.39, 0.29) is 11.9 Å². The Morgan fingerprint density at radius 3 is 2.92 bits per heavy atom. The molecule has 0 bridgehead atoms. The summed E-state index contributed by atoms with van der Waals surface area (Å²) in [6.45, 7) is 9.00. The molecular formula is C18H26N4OS. The predicted octanol–water partition coefficient (Wildman–Crippen LogP) is 2.80. The Bertz CT molecular complexity index is 648. The summed E-state index contributed by atoms with van der Waals surface area (Å²) in [6.07, 6.45) is 3.39. The van der Waals surface area contributed by atoms with Gasteiger partial charge in [0.2, 0.25) is 5.91 Å². The number of rotatable bonds is 7. The molecular weight excluding hydrogens is 320 g/mol. The molecule has 130 valence electrons. The quantitative estimate of drug-likeness (QED) is 0.774. The molecule has 0 spiro atoms. The summed E-state index contributed by atoms with van der Waals surface area (Å²) in [6, 6.07) is 6.35. The lowest BCUT2D eigenvalue weighted by Crippen LogP contribution is -2.43. The summed E-state index contributed by atoms with van der Waals surface area (Å²) >= 11 is 1.65. The maximum Gasteiger partial charge on any atom is 0.228 e. The Balaban J connectivity index is 1.67. The Morgan fingerprint density at radius 2 is 2.21 bits per heavy atom. The number of hydrogen-bond donors (Lipinski definition) is 0. The van der Waals surface area contributed by atoms with Crippen LogP contribution in [-0.2, 0) is 17.8 Å². The van der Waals surface area contributed by atoms with Crippen LogP contribution in [-0.4, -0.2) is 51.7 Å². The lowest BCUT2D eigenvalue weighted by molar-refractivity contribution is -0.132. The van der Waals surface area contributed by atoms with Crippen molar-refractivity contribution >= 4 is 17.2 Å². The molecule has 0 saturated heterocycles. The van der Waals surface area contributed by atoms with E-state index >= 15 is 0 Å². The molecule has 24 heavy (non-hydrogen) atoms. The summed E-state index contributed by atoms with van der Waals surface area (Å²) in [7, 11) is 0. The van der Waals surface area contributed by atoms with Crippen LogP contribution in [0.2, 0.25) is 0 Å². The normalized spacial score (nSPS) is 17.3. The van der Waals surface area contributed by atoms with Crippen molar-refractivity contribution in [2.24, 2.45) is 0 Å². The molecule has 1 atom stereocenters. The summed E-state index contributed by atoms with van der Waals surface area (Å²) in [5, 5.41) is 6.53. The second kappa shape index (κ2) is 7.94. The molecule has 1 aliphatic heterocycles. The van der Waals surface area contributed by atoms with E-state index in [0.717, 1.165) is 43.2 Å². The first-order valence-corrected chi connectivity index (χ1v) is 9.64. The van der Waals surface area contributed by atoms with Crippen LogP contribution in [0.25, 0.3) is 0 Å². The Labute approximate surface area is 147 Å². The lowest BCUT2D eigenvalue weighted by atomic mass is 10.1. The molecule has 1 amide bonds. The van der Waals surface area contributed by atoms with E-state index in [1.54, 1.807) is 11.3 Å². The van der Waals surface area contributed by atoms with Gasteiger partial charge in [-0.05, 0) is 37.0 Å². The first-order chi connectivity index (χ1) is 11.7. The van der Waals surface area contributed by atoms with Crippen molar-refractivity contribution in [1.82, 2.24) is 19.6 Å². The molecule has 0 aromatic carbocycles. The third-order valence-electron chi connectivity index (χ3n) is 4.81. The third-order valence-corrected chi connectivity index (χ3v) is 5.69. The maximum atomic E-state index is 12.7. The fourth-order valence-corrected chi connectivity index (χ4v) is 4.03.